The van der Waals surface area contributed by atoms with Crippen molar-refractivity contribution in [2.75, 3.05) is 11.8 Å². The van der Waals surface area contributed by atoms with Crippen LogP contribution in [0.15, 0.2) is 52.9 Å². The fourth-order valence-electron chi connectivity index (χ4n) is 2.56. The van der Waals surface area contributed by atoms with Crippen LogP contribution in [0.25, 0.3) is 0 Å². The molecule has 0 unspecified atom stereocenters. The fraction of sp³-hybridized carbons (Fsp3) is 0.217. The van der Waals surface area contributed by atoms with Crippen molar-refractivity contribution in [2.24, 2.45) is 0 Å². The van der Waals surface area contributed by atoms with E-state index in [-0.39, 0.29) is 11.0 Å². The summed E-state index contributed by atoms with van der Waals surface area (Å²) in [6.07, 6.45) is 0. The number of carbonyl (C=O) groups is 1. The largest absolute Gasteiger partial charge is 0.495 e. The summed E-state index contributed by atoms with van der Waals surface area (Å²) in [5.41, 5.74) is 3.20. The Bertz CT molecular complexity index is 1100. The van der Waals surface area contributed by atoms with Gasteiger partial charge in [-0.25, -0.2) is 9.78 Å². The first-order chi connectivity index (χ1) is 14.3. The normalized spacial score (nSPS) is 10.8. The molecule has 0 atom stereocenters. The average Bonchev–Trinajstić information content (AvgIpc) is 3.18. The molecule has 0 radical (unpaired) electrons. The Kier molecular flexibility index (Phi) is 6.70. The molecule has 0 saturated carbocycles. The second-order valence-corrected chi connectivity index (χ2v) is 9.18. The van der Waals surface area contributed by atoms with Crippen LogP contribution in [0.5, 0.6) is 5.75 Å². The Morgan fingerprint density at radius 3 is 2.53 bits per heavy atom. The van der Waals surface area contributed by atoms with E-state index in [0.29, 0.717) is 11.4 Å². The number of aromatic nitrogens is 1. The maximum absolute atomic E-state index is 11.1. The molecule has 1 aromatic heterocycles. The predicted molar refractivity (Wildman–Crippen MR) is 123 cm³/mol. The zero-order chi connectivity index (χ0) is 21.7. The second kappa shape index (κ2) is 9.24. The first-order valence-electron chi connectivity index (χ1n) is 9.18. The van der Waals surface area contributed by atoms with Gasteiger partial charge in [-0.05, 0) is 47.2 Å². The summed E-state index contributed by atoms with van der Waals surface area (Å²) in [7, 11) is 1.50. The molecule has 0 saturated heterocycles. The highest BCUT2D eigenvalue weighted by Crippen LogP contribution is 2.30. The number of benzene rings is 2. The van der Waals surface area contributed by atoms with Crippen LogP contribution in [0.3, 0.4) is 0 Å². The SMILES string of the molecule is COc1cc(C(=O)O)ccc1NSc1csc(C#Cc2ccc(C(C)(C)C)cc2)n1. The monoisotopic (exact) mass is 438 g/mol. The molecule has 0 amide bonds. The molecule has 7 heteroatoms. The zero-order valence-electron chi connectivity index (χ0n) is 17.1. The quantitative estimate of drug-likeness (QED) is 0.395. The van der Waals surface area contributed by atoms with E-state index in [0.717, 1.165) is 15.6 Å². The number of nitrogens with zero attached hydrogens (tertiary/aromatic N) is 1. The van der Waals surface area contributed by atoms with E-state index in [4.69, 9.17) is 9.84 Å². The molecule has 2 aromatic carbocycles. The first kappa shape index (κ1) is 21.8. The molecule has 1 heterocycles. The van der Waals surface area contributed by atoms with Crippen LogP contribution in [-0.2, 0) is 5.41 Å². The Morgan fingerprint density at radius 2 is 1.90 bits per heavy atom. The predicted octanol–water partition coefficient (Wildman–Crippen LogP) is 5.67. The molecular formula is C23H22N2O3S2. The van der Waals surface area contributed by atoms with E-state index in [1.165, 1.54) is 48.1 Å². The molecule has 5 nitrogen and oxygen atoms in total. The van der Waals surface area contributed by atoms with Gasteiger partial charge in [0.1, 0.15) is 10.8 Å². The maximum atomic E-state index is 11.1. The summed E-state index contributed by atoms with van der Waals surface area (Å²) in [6, 6.07) is 13.0. The molecule has 30 heavy (non-hydrogen) atoms. The van der Waals surface area contributed by atoms with Gasteiger partial charge in [-0.15, -0.1) is 11.3 Å². The summed E-state index contributed by atoms with van der Waals surface area (Å²) in [6.45, 7) is 6.56. The fourth-order valence-corrected chi connectivity index (χ4v) is 4.00. The van der Waals surface area contributed by atoms with Crippen LogP contribution in [0.1, 0.15) is 47.3 Å². The van der Waals surface area contributed by atoms with Crippen molar-refractivity contribution >= 4 is 34.9 Å². The minimum absolute atomic E-state index is 0.122. The van der Waals surface area contributed by atoms with Crippen molar-refractivity contribution in [2.45, 2.75) is 31.2 Å². The summed E-state index contributed by atoms with van der Waals surface area (Å²) in [5, 5.41) is 12.5. The third kappa shape index (κ3) is 5.56. The standard InChI is InChI=1S/C23H22N2O3S2/c1-23(2,3)17-9-5-15(6-10-17)7-12-20-24-21(14-29-20)30-25-18-11-8-16(22(26)27)13-19(18)28-4/h5-6,8-11,13-14,25H,1-4H3,(H,26,27). The van der Waals surface area contributed by atoms with Crippen molar-refractivity contribution < 1.29 is 14.6 Å². The van der Waals surface area contributed by atoms with Gasteiger partial charge in [0.05, 0.1) is 18.4 Å². The van der Waals surface area contributed by atoms with Crippen LogP contribution in [-0.4, -0.2) is 23.2 Å². The van der Waals surface area contributed by atoms with Gasteiger partial charge in [-0.2, -0.15) is 0 Å². The Hall–Kier alpha value is -2.95. The van der Waals surface area contributed by atoms with Crippen LogP contribution >= 0.6 is 23.3 Å². The number of hydrogen-bond donors (Lipinski definition) is 2. The number of methoxy groups -OCH3 is 1. The highest BCUT2D eigenvalue weighted by molar-refractivity contribution is 8.00. The average molecular weight is 439 g/mol. The smallest absolute Gasteiger partial charge is 0.335 e. The second-order valence-electron chi connectivity index (χ2n) is 7.49. The lowest BCUT2D eigenvalue weighted by Gasteiger charge is -2.18. The number of anilines is 1. The van der Waals surface area contributed by atoms with E-state index < -0.39 is 5.97 Å². The number of aromatic carboxylic acids is 1. The molecule has 0 spiro atoms. The summed E-state index contributed by atoms with van der Waals surface area (Å²) >= 11 is 2.79. The lowest BCUT2D eigenvalue weighted by atomic mass is 9.87. The molecule has 0 aliphatic heterocycles. The number of thiazole rings is 1. The minimum Gasteiger partial charge on any atom is -0.495 e. The number of rotatable bonds is 5. The topological polar surface area (TPSA) is 71.5 Å². The van der Waals surface area contributed by atoms with Crippen LogP contribution in [0.4, 0.5) is 5.69 Å². The zero-order valence-corrected chi connectivity index (χ0v) is 18.8. The Balaban J connectivity index is 1.65. The number of carboxylic acid groups (broad SMARTS) is 1. The van der Waals surface area contributed by atoms with E-state index in [1.807, 2.05) is 17.5 Å². The van der Waals surface area contributed by atoms with E-state index in [2.05, 4.69) is 54.5 Å². The van der Waals surface area contributed by atoms with Crippen LogP contribution < -0.4 is 9.46 Å². The lowest BCUT2D eigenvalue weighted by Crippen LogP contribution is -2.10. The molecule has 0 aliphatic rings. The van der Waals surface area contributed by atoms with Gasteiger partial charge < -0.3 is 14.6 Å². The third-order valence-electron chi connectivity index (χ3n) is 4.26. The number of hydrogen-bond acceptors (Lipinski definition) is 6. The van der Waals surface area contributed by atoms with Gasteiger partial charge in [0.25, 0.3) is 0 Å². The Labute approximate surface area is 184 Å². The van der Waals surface area contributed by atoms with Gasteiger partial charge in [0.2, 0.25) is 0 Å². The van der Waals surface area contributed by atoms with E-state index in [9.17, 15) is 4.79 Å². The van der Waals surface area contributed by atoms with E-state index >= 15 is 0 Å². The summed E-state index contributed by atoms with van der Waals surface area (Å²) < 4.78 is 8.42. The highest BCUT2D eigenvalue weighted by atomic mass is 32.2. The molecule has 0 fully saturated rings. The van der Waals surface area contributed by atoms with Crippen molar-refractivity contribution in [3.8, 4) is 17.6 Å². The molecule has 0 aliphatic carbocycles. The van der Waals surface area contributed by atoms with Crippen molar-refractivity contribution in [3.63, 3.8) is 0 Å². The van der Waals surface area contributed by atoms with Gasteiger partial charge in [0, 0.05) is 22.9 Å². The van der Waals surface area contributed by atoms with Crippen molar-refractivity contribution in [1.29, 1.82) is 0 Å². The molecule has 3 rings (SSSR count). The Morgan fingerprint density at radius 1 is 1.17 bits per heavy atom. The third-order valence-corrected chi connectivity index (χ3v) is 5.91. The first-order valence-corrected chi connectivity index (χ1v) is 10.9. The minimum atomic E-state index is -0.997. The molecular weight excluding hydrogens is 416 g/mol. The van der Waals surface area contributed by atoms with Gasteiger partial charge in [-0.1, -0.05) is 38.8 Å². The number of ether oxygens (including phenoxy) is 1. The molecule has 3 aromatic rings. The summed E-state index contributed by atoms with van der Waals surface area (Å²) in [5.74, 6) is 5.72. The maximum Gasteiger partial charge on any atom is 0.335 e. The lowest BCUT2D eigenvalue weighted by molar-refractivity contribution is 0.0696. The van der Waals surface area contributed by atoms with Crippen LogP contribution in [0, 0.1) is 11.8 Å². The van der Waals surface area contributed by atoms with Crippen LogP contribution in [0.2, 0.25) is 0 Å². The molecule has 154 valence electrons. The van der Waals surface area contributed by atoms with Crippen molar-refractivity contribution in [3.05, 3.63) is 69.5 Å². The molecule has 0 bridgehead atoms. The highest BCUT2D eigenvalue weighted by Gasteiger charge is 2.12. The summed E-state index contributed by atoms with van der Waals surface area (Å²) in [4.78, 5) is 15.6. The number of nitrogens with one attached hydrogen (secondary N) is 1. The number of carboxylic acids is 1. The van der Waals surface area contributed by atoms with Gasteiger partial charge in [0.15, 0.2) is 5.01 Å². The van der Waals surface area contributed by atoms with Gasteiger partial charge >= 0.3 is 5.97 Å². The van der Waals surface area contributed by atoms with Crippen molar-refractivity contribution in [1.82, 2.24) is 4.98 Å². The van der Waals surface area contributed by atoms with E-state index in [1.54, 1.807) is 6.07 Å². The molecule has 2 N–H and O–H groups in total. The van der Waals surface area contributed by atoms with Gasteiger partial charge in [-0.3, -0.25) is 0 Å².